The van der Waals surface area contributed by atoms with E-state index in [9.17, 15) is 5.11 Å². The summed E-state index contributed by atoms with van der Waals surface area (Å²) in [4.78, 5) is 0. The van der Waals surface area contributed by atoms with Gasteiger partial charge in [0.2, 0.25) is 0 Å². The summed E-state index contributed by atoms with van der Waals surface area (Å²) < 4.78 is 0. The highest BCUT2D eigenvalue weighted by Gasteiger charge is 2.65. The van der Waals surface area contributed by atoms with Crippen molar-refractivity contribution in [1.82, 2.24) is 5.32 Å². The summed E-state index contributed by atoms with van der Waals surface area (Å²) in [5, 5.41) is 13.3. The van der Waals surface area contributed by atoms with Crippen molar-refractivity contribution >= 4 is 0 Å². The predicted octanol–water partition coefficient (Wildman–Crippen LogP) is 1.15. The van der Waals surface area contributed by atoms with Gasteiger partial charge in [0.1, 0.15) is 0 Å². The fraction of sp³-hybridized carbons (Fsp3) is 1.00. The number of hydrogen-bond acceptors (Lipinski definition) is 2. The Balaban J connectivity index is 2.09. The minimum atomic E-state index is -0.469. The van der Waals surface area contributed by atoms with Gasteiger partial charge in [-0.1, -0.05) is 0 Å². The molecule has 0 heterocycles. The van der Waals surface area contributed by atoms with Crippen molar-refractivity contribution in [3.05, 3.63) is 0 Å². The van der Waals surface area contributed by atoms with E-state index in [4.69, 9.17) is 0 Å². The highest BCUT2D eigenvalue weighted by molar-refractivity contribution is 5.17. The fourth-order valence-electron chi connectivity index (χ4n) is 3.19. The van der Waals surface area contributed by atoms with E-state index in [1.165, 1.54) is 12.8 Å². The molecule has 0 aromatic rings. The molecule has 0 aromatic heterocycles. The molecule has 0 bridgehead atoms. The quantitative estimate of drug-likeness (QED) is 0.650. The van der Waals surface area contributed by atoms with Gasteiger partial charge in [0.05, 0.1) is 5.60 Å². The van der Waals surface area contributed by atoms with Crippen molar-refractivity contribution in [2.75, 3.05) is 7.05 Å². The van der Waals surface area contributed by atoms with Crippen molar-refractivity contribution in [3.8, 4) is 0 Å². The molecule has 2 aliphatic carbocycles. The minimum absolute atomic E-state index is 0.265. The topological polar surface area (TPSA) is 32.3 Å². The molecule has 0 aliphatic heterocycles. The Kier molecular flexibility index (Phi) is 1.59. The van der Waals surface area contributed by atoms with Gasteiger partial charge in [0, 0.05) is 11.5 Å². The SMILES string of the molecule is CNC1CC2(C(C)(C)O)CCC12. The first-order chi connectivity index (χ1) is 5.51. The Morgan fingerprint density at radius 3 is 2.42 bits per heavy atom. The van der Waals surface area contributed by atoms with E-state index in [2.05, 4.69) is 5.32 Å². The molecule has 2 N–H and O–H groups in total. The van der Waals surface area contributed by atoms with Gasteiger partial charge in [-0.25, -0.2) is 0 Å². The van der Waals surface area contributed by atoms with Crippen LogP contribution >= 0.6 is 0 Å². The second-order valence-electron chi connectivity index (χ2n) is 4.96. The fourth-order valence-corrected chi connectivity index (χ4v) is 3.19. The molecule has 12 heavy (non-hydrogen) atoms. The van der Waals surface area contributed by atoms with Gasteiger partial charge in [-0.3, -0.25) is 0 Å². The van der Waals surface area contributed by atoms with Crippen molar-refractivity contribution in [2.24, 2.45) is 11.3 Å². The van der Waals surface area contributed by atoms with Crippen LogP contribution in [0.3, 0.4) is 0 Å². The van der Waals surface area contributed by atoms with Crippen molar-refractivity contribution in [2.45, 2.75) is 44.8 Å². The summed E-state index contributed by atoms with van der Waals surface area (Å²) in [7, 11) is 2.03. The molecule has 0 radical (unpaired) electrons. The van der Waals surface area contributed by atoms with Gasteiger partial charge in [0.15, 0.2) is 0 Å². The highest BCUT2D eigenvalue weighted by Crippen LogP contribution is 2.65. The first-order valence-electron chi connectivity index (χ1n) is 4.91. The van der Waals surface area contributed by atoms with E-state index in [1.54, 1.807) is 0 Å². The maximum atomic E-state index is 10.0. The van der Waals surface area contributed by atoms with E-state index in [-0.39, 0.29) is 5.41 Å². The number of aliphatic hydroxyl groups is 1. The van der Waals surface area contributed by atoms with Crippen LogP contribution in [-0.4, -0.2) is 23.8 Å². The van der Waals surface area contributed by atoms with Gasteiger partial charge < -0.3 is 10.4 Å². The smallest absolute Gasteiger partial charge is 0.0651 e. The third-order valence-corrected chi connectivity index (χ3v) is 4.27. The summed E-state index contributed by atoms with van der Waals surface area (Å²) in [6.07, 6.45) is 3.69. The molecule has 70 valence electrons. The Hall–Kier alpha value is -0.0800. The minimum Gasteiger partial charge on any atom is -0.390 e. The molecule has 3 atom stereocenters. The van der Waals surface area contributed by atoms with Crippen LogP contribution in [0.2, 0.25) is 0 Å². The Morgan fingerprint density at radius 2 is 2.17 bits per heavy atom. The van der Waals surface area contributed by atoms with Crippen LogP contribution in [0.5, 0.6) is 0 Å². The second-order valence-corrected chi connectivity index (χ2v) is 4.96. The Labute approximate surface area is 74.4 Å². The molecule has 2 nitrogen and oxygen atoms in total. The van der Waals surface area contributed by atoms with Crippen LogP contribution in [0, 0.1) is 11.3 Å². The van der Waals surface area contributed by atoms with Crippen LogP contribution in [0.4, 0.5) is 0 Å². The van der Waals surface area contributed by atoms with Gasteiger partial charge in [-0.2, -0.15) is 0 Å². The maximum absolute atomic E-state index is 10.0. The van der Waals surface area contributed by atoms with Crippen LogP contribution in [-0.2, 0) is 0 Å². The molecular weight excluding hydrogens is 150 g/mol. The molecule has 0 amide bonds. The summed E-state index contributed by atoms with van der Waals surface area (Å²) in [5.74, 6) is 0.738. The lowest BCUT2D eigenvalue weighted by Gasteiger charge is -2.68. The molecule has 2 rings (SSSR count). The monoisotopic (exact) mass is 169 g/mol. The molecule has 3 unspecified atom stereocenters. The van der Waals surface area contributed by atoms with Crippen LogP contribution < -0.4 is 5.32 Å². The molecule has 2 fully saturated rings. The summed E-state index contributed by atoms with van der Waals surface area (Å²) in [5.41, 5.74) is -0.204. The summed E-state index contributed by atoms with van der Waals surface area (Å²) >= 11 is 0. The largest absolute Gasteiger partial charge is 0.390 e. The number of rotatable bonds is 2. The van der Waals surface area contributed by atoms with Crippen molar-refractivity contribution in [1.29, 1.82) is 0 Å². The molecule has 0 saturated heterocycles. The van der Waals surface area contributed by atoms with Crippen LogP contribution in [0.1, 0.15) is 33.1 Å². The Bertz CT molecular complexity index is 197. The summed E-state index contributed by atoms with van der Waals surface area (Å²) in [6, 6.07) is 0.671. The van der Waals surface area contributed by atoms with Crippen LogP contribution in [0.25, 0.3) is 0 Å². The van der Waals surface area contributed by atoms with Gasteiger partial charge in [-0.05, 0) is 46.1 Å². The van der Waals surface area contributed by atoms with E-state index in [0.717, 1.165) is 12.3 Å². The lowest BCUT2D eigenvalue weighted by molar-refractivity contribution is -0.221. The second kappa shape index (κ2) is 2.24. The van der Waals surface area contributed by atoms with E-state index >= 15 is 0 Å². The first kappa shape index (κ1) is 8.52. The Morgan fingerprint density at radius 1 is 1.50 bits per heavy atom. The molecule has 0 spiro atoms. The van der Waals surface area contributed by atoms with Crippen LogP contribution in [0.15, 0.2) is 0 Å². The normalized spacial score (nSPS) is 46.0. The first-order valence-corrected chi connectivity index (χ1v) is 4.91. The van der Waals surface area contributed by atoms with E-state index in [0.29, 0.717) is 6.04 Å². The van der Waals surface area contributed by atoms with E-state index < -0.39 is 5.60 Å². The third kappa shape index (κ3) is 0.775. The van der Waals surface area contributed by atoms with Gasteiger partial charge in [0.25, 0.3) is 0 Å². The lowest BCUT2D eigenvalue weighted by atomic mass is 9.40. The number of fused-ring (bicyclic) bond motifs is 1. The van der Waals surface area contributed by atoms with Gasteiger partial charge in [-0.15, -0.1) is 0 Å². The standard InChI is InChI=1S/C10H19NO/c1-9(2,12)10-5-4-7(10)8(6-10)11-3/h7-8,11-12H,4-6H2,1-3H3. The zero-order chi connectivity index (χ0) is 8.98. The zero-order valence-corrected chi connectivity index (χ0v) is 8.22. The highest BCUT2D eigenvalue weighted by atomic mass is 16.3. The van der Waals surface area contributed by atoms with E-state index in [1.807, 2.05) is 20.9 Å². The molecule has 2 heteroatoms. The number of hydrogen-bond donors (Lipinski definition) is 2. The average molecular weight is 169 g/mol. The average Bonchev–Trinajstić information content (AvgIpc) is 1.91. The molecule has 2 saturated carbocycles. The molecular formula is C10H19NO. The third-order valence-electron chi connectivity index (χ3n) is 4.27. The summed E-state index contributed by atoms with van der Waals surface area (Å²) in [6.45, 7) is 3.93. The predicted molar refractivity (Wildman–Crippen MR) is 48.9 cm³/mol. The van der Waals surface area contributed by atoms with Gasteiger partial charge >= 0.3 is 0 Å². The van der Waals surface area contributed by atoms with Crippen molar-refractivity contribution in [3.63, 3.8) is 0 Å². The zero-order valence-electron chi connectivity index (χ0n) is 8.22. The lowest BCUT2D eigenvalue weighted by Crippen LogP contribution is -2.70. The van der Waals surface area contributed by atoms with Crippen molar-refractivity contribution < 1.29 is 5.11 Å². The molecule has 2 aliphatic rings. The maximum Gasteiger partial charge on any atom is 0.0651 e. The number of nitrogens with one attached hydrogen (secondary N) is 1. The molecule has 0 aromatic carbocycles.